The van der Waals surface area contributed by atoms with Gasteiger partial charge in [-0.2, -0.15) is 0 Å². The molecule has 0 aliphatic carbocycles. The van der Waals surface area contributed by atoms with Gasteiger partial charge in [-0.1, -0.05) is 0 Å². The lowest BCUT2D eigenvalue weighted by atomic mass is 10.1. The minimum absolute atomic E-state index is 0.133. The van der Waals surface area contributed by atoms with Crippen molar-refractivity contribution < 1.29 is 34.0 Å². The molecule has 2 aromatic heterocycles. The van der Waals surface area contributed by atoms with Crippen LogP contribution in [0.1, 0.15) is 12.1 Å². The number of hydrogen-bond acceptors (Lipinski definition) is 9. The fourth-order valence-electron chi connectivity index (χ4n) is 2.48. The fourth-order valence-corrected chi connectivity index (χ4v) is 3.48. The zero-order valence-electron chi connectivity index (χ0n) is 13.4. The van der Waals surface area contributed by atoms with Crippen LogP contribution in [0.5, 0.6) is 5.88 Å². The van der Waals surface area contributed by atoms with Crippen LogP contribution < -0.4 is 16.2 Å². The number of nitrogens with zero attached hydrogens (tertiary/aromatic N) is 3. The summed E-state index contributed by atoms with van der Waals surface area (Å²) in [5.74, 6) is -0.338. The molecule has 0 amide bonds. The highest BCUT2D eigenvalue weighted by Crippen LogP contribution is 2.41. The van der Waals surface area contributed by atoms with E-state index in [0.717, 1.165) is 23.0 Å². The van der Waals surface area contributed by atoms with Crippen molar-refractivity contribution in [2.75, 3.05) is 6.61 Å². The van der Waals surface area contributed by atoms with E-state index < -0.39 is 50.3 Å². The van der Waals surface area contributed by atoms with Crippen molar-refractivity contribution in [2.45, 2.75) is 31.5 Å². The summed E-state index contributed by atoms with van der Waals surface area (Å²) in [6.07, 6.45) is -3.33. The summed E-state index contributed by atoms with van der Waals surface area (Å²) in [5.41, 5.74) is -1.10. The molecule has 0 spiro atoms. The highest BCUT2D eigenvalue weighted by Gasteiger charge is 2.45. The van der Waals surface area contributed by atoms with Crippen LogP contribution in [-0.2, 0) is 13.8 Å². The van der Waals surface area contributed by atoms with Crippen molar-refractivity contribution in [1.29, 1.82) is 0 Å². The van der Waals surface area contributed by atoms with Gasteiger partial charge in [0.05, 0.1) is 12.8 Å². The normalized spacial score (nSPS) is 28.2. The van der Waals surface area contributed by atoms with E-state index in [1.165, 1.54) is 0 Å². The van der Waals surface area contributed by atoms with Gasteiger partial charge >= 0.3 is 13.3 Å². The Labute approximate surface area is 146 Å². The zero-order valence-corrected chi connectivity index (χ0v) is 14.3. The van der Waals surface area contributed by atoms with Gasteiger partial charge in [-0.05, 0) is 18.9 Å². The quantitative estimate of drug-likeness (QED) is 0.400. The van der Waals surface area contributed by atoms with Gasteiger partial charge < -0.3 is 34.5 Å². The molecule has 0 aromatic carbocycles. The van der Waals surface area contributed by atoms with Gasteiger partial charge in [-0.15, -0.1) is 0 Å². The first-order chi connectivity index (χ1) is 12.2. The van der Waals surface area contributed by atoms with E-state index in [1.807, 2.05) is 0 Å². The first-order valence-electron chi connectivity index (χ1n) is 7.46. The SMILES string of the molecule is Cc1ncc(P(=O)(O)OC[C@H]2O[C@@H](n3ccc([O-])nc3=O)[C@H](O)[C@@H]2O)[nH]1. The topological polar surface area (TPSA) is 183 Å². The largest absolute Gasteiger partial charge is 0.858 e. The molecule has 1 aliphatic rings. The Morgan fingerprint density at radius 2 is 2.19 bits per heavy atom. The van der Waals surface area contributed by atoms with Gasteiger partial charge in [0.1, 0.15) is 29.6 Å². The Balaban J connectivity index is 1.72. The second-order valence-corrected chi connectivity index (χ2v) is 7.45. The number of rotatable bonds is 5. The summed E-state index contributed by atoms with van der Waals surface area (Å²) < 4.78 is 23.3. The smallest absolute Gasteiger partial charge is 0.376 e. The lowest BCUT2D eigenvalue weighted by molar-refractivity contribution is -0.275. The molecule has 3 heterocycles. The van der Waals surface area contributed by atoms with Crippen molar-refractivity contribution in [2.24, 2.45) is 0 Å². The first kappa shape index (κ1) is 18.7. The molecule has 142 valence electrons. The number of imidazole rings is 1. The molecule has 12 nitrogen and oxygen atoms in total. The van der Waals surface area contributed by atoms with E-state index in [-0.39, 0.29) is 5.44 Å². The van der Waals surface area contributed by atoms with Crippen LogP contribution >= 0.6 is 7.60 Å². The molecule has 5 atom stereocenters. The molecule has 1 fully saturated rings. The Morgan fingerprint density at radius 1 is 1.46 bits per heavy atom. The molecule has 0 radical (unpaired) electrons. The number of hydrogen-bond donors (Lipinski definition) is 4. The molecule has 1 saturated heterocycles. The van der Waals surface area contributed by atoms with E-state index >= 15 is 0 Å². The first-order valence-corrected chi connectivity index (χ1v) is 9.04. The fraction of sp³-hybridized carbons (Fsp3) is 0.462. The molecule has 3 rings (SSSR count). The maximum atomic E-state index is 12.2. The maximum absolute atomic E-state index is 12.2. The summed E-state index contributed by atoms with van der Waals surface area (Å²) in [7, 11) is -4.24. The molecule has 26 heavy (non-hydrogen) atoms. The van der Waals surface area contributed by atoms with Gasteiger partial charge in [0, 0.05) is 6.20 Å². The molecule has 1 aliphatic heterocycles. The number of aryl methyl sites for hydroxylation is 1. The van der Waals surface area contributed by atoms with Crippen LogP contribution in [0, 0.1) is 6.92 Å². The minimum Gasteiger partial charge on any atom is -0.858 e. The predicted molar refractivity (Wildman–Crippen MR) is 82.6 cm³/mol. The summed E-state index contributed by atoms with van der Waals surface area (Å²) in [6.45, 7) is 1.05. The average Bonchev–Trinajstić information content (AvgIpc) is 3.12. The van der Waals surface area contributed by atoms with Crippen LogP contribution in [-0.4, -0.2) is 59.5 Å². The van der Waals surface area contributed by atoms with E-state index in [1.54, 1.807) is 6.92 Å². The molecule has 4 N–H and O–H groups in total. The molecule has 2 aromatic rings. The van der Waals surface area contributed by atoms with E-state index in [9.17, 15) is 29.6 Å². The third-order valence-corrected chi connectivity index (χ3v) is 5.16. The van der Waals surface area contributed by atoms with Gasteiger partial charge in [0.2, 0.25) is 0 Å². The highest BCUT2D eigenvalue weighted by molar-refractivity contribution is 7.60. The third-order valence-electron chi connectivity index (χ3n) is 3.82. The van der Waals surface area contributed by atoms with Crippen molar-refractivity contribution in [3.8, 4) is 5.88 Å². The van der Waals surface area contributed by atoms with Crippen LogP contribution in [0.2, 0.25) is 0 Å². The Morgan fingerprint density at radius 3 is 2.81 bits per heavy atom. The maximum Gasteiger partial charge on any atom is 0.376 e. The van der Waals surface area contributed by atoms with Gasteiger partial charge in [-0.25, -0.2) is 14.8 Å². The van der Waals surface area contributed by atoms with Gasteiger partial charge in [0.25, 0.3) is 0 Å². The van der Waals surface area contributed by atoms with Crippen LogP contribution in [0.4, 0.5) is 0 Å². The van der Waals surface area contributed by atoms with E-state index in [2.05, 4.69) is 15.0 Å². The number of nitrogens with one attached hydrogen (secondary N) is 1. The number of aromatic amines is 1. The van der Waals surface area contributed by atoms with E-state index in [0.29, 0.717) is 5.82 Å². The zero-order chi connectivity index (χ0) is 19.1. The standard InChI is InChI=1S/C13H17N4O8P/c1-6-14-4-9(15-6)26(22,23)24-5-7-10(19)11(20)12(25-7)17-3-2-8(18)16-13(17)21/h2-4,7,10-12,19-20H,5H2,1H3,(H,14,15)(H,22,23)(H,16,18,21)/p-1/t7-,10-,11-,12-/m1/s1. The molecule has 13 heteroatoms. The van der Waals surface area contributed by atoms with Crippen molar-refractivity contribution in [3.63, 3.8) is 0 Å². The summed E-state index contributed by atoms with van der Waals surface area (Å²) in [5, 5.41) is 31.2. The summed E-state index contributed by atoms with van der Waals surface area (Å²) in [4.78, 5) is 31.2. The Bertz CT molecular complexity index is 898. The third kappa shape index (κ3) is 3.56. The number of H-pyrrole nitrogens is 1. The Kier molecular flexibility index (Phi) is 4.97. The number of ether oxygens (including phenoxy) is 1. The minimum atomic E-state index is -4.24. The second kappa shape index (κ2) is 6.91. The summed E-state index contributed by atoms with van der Waals surface area (Å²) >= 11 is 0. The van der Waals surface area contributed by atoms with Crippen molar-refractivity contribution in [3.05, 3.63) is 34.8 Å². The van der Waals surface area contributed by atoms with Gasteiger partial charge in [-0.3, -0.25) is 9.13 Å². The number of aliphatic hydroxyl groups is 2. The molecule has 0 saturated carbocycles. The van der Waals surface area contributed by atoms with Gasteiger partial charge in [0.15, 0.2) is 6.23 Å². The lowest BCUT2D eigenvalue weighted by Gasteiger charge is -2.18. The summed E-state index contributed by atoms with van der Waals surface area (Å²) in [6, 6.07) is 0.996. The van der Waals surface area contributed by atoms with Crippen LogP contribution in [0.15, 0.2) is 23.3 Å². The highest BCUT2D eigenvalue weighted by atomic mass is 31.2. The molecular formula is C13H16N4O8P-. The Hall–Kier alpha value is -2.08. The predicted octanol–water partition coefficient (Wildman–Crippen LogP) is -2.50. The van der Waals surface area contributed by atoms with Crippen molar-refractivity contribution >= 4 is 13.0 Å². The molecule has 0 bridgehead atoms. The number of aliphatic hydroxyl groups excluding tert-OH is 2. The average molecular weight is 387 g/mol. The van der Waals surface area contributed by atoms with Crippen molar-refractivity contribution in [1.82, 2.24) is 19.5 Å². The monoisotopic (exact) mass is 387 g/mol. The lowest BCUT2D eigenvalue weighted by Crippen LogP contribution is -2.36. The molecule has 1 unspecified atom stereocenters. The van der Waals surface area contributed by atoms with Crippen LogP contribution in [0.25, 0.3) is 0 Å². The van der Waals surface area contributed by atoms with E-state index in [4.69, 9.17) is 9.26 Å². The van der Waals surface area contributed by atoms with Crippen LogP contribution in [0.3, 0.4) is 0 Å². The second-order valence-electron chi connectivity index (χ2n) is 5.67. The molecular weight excluding hydrogens is 371 g/mol. The number of aromatic nitrogens is 4.